The number of carbonyl (C=O) groups excluding carboxylic acids is 1. The van der Waals surface area contributed by atoms with E-state index in [0.717, 1.165) is 50.1 Å². The number of aromatic nitrogens is 3. The van der Waals surface area contributed by atoms with Crippen molar-refractivity contribution >= 4 is 17.1 Å². The molecule has 5 rings (SSSR count). The van der Waals surface area contributed by atoms with Gasteiger partial charge in [0, 0.05) is 19.3 Å². The summed E-state index contributed by atoms with van der Waals surface area (Å²) in [7, 11) is 0. The number of carbonyl (C=O) groups is 1. The zero-order valence-corrected chi connectivity index (χ0v) is 17.1. The number of rotatable bonds is 4. The van der Waals surface area contributed by atoms with Crippen LogP contribution in [-0.4, -0.2) is 63.7 Å². The number of morpholine rings is 1. The number of piperidine rings is 1. The molecule has 156 valence electrons. The van der Waals surface area contributed by atoms with Gasteiger partial charge in [-0.1, -0.05) is 30.3 Å². The number of benzene rings is 1. The summed E-state index contributed by atoms with van der Waals surface area (Å²) in [5, 5.41) is 3.37. The molecule has 4 heterocycles. The maximum absolute atomic E-state index is 13.2. The summed E-state index contributed by atoms with van der Waals surface area (Å²) in [6.07, 6.45) is 6.31. The van der Waals surface area contributed by atoms with E-state index < -0.39 is 0 Å². The lowest BCUT2D eigenvalue weighted by atomic mass is 9.90. The number of pyridine rings is 1. The number of amides is 1. The van der Waals surface area contributed by atoms with Crippen molar-refractivity contribution in [1.82, 2.24) is 24.8 Å². The lowest BCUT2D eigenvalue weighted by Gasteiger charge is -2.45. The van der Waals surface area contributed by atoms with Crippen LogP contribution < -0.4 is 5.32 Å². The number of aryl methyl sites for hydroxylation is 2. The average molecular weight is 406 g/mol. The number of hydrogen-bond donors (Lipinski definition) is 1. The van der Waals surface area contributed by atoms with Gasteiger partial charge in [0.05, 0.1) is 30.6 Å². The highest BCUT2D eigenvalue weighted by atomic mass is 16.5. The fraction of sp³-hybridized carbons (Fsp3) is 0.435. The zero-order valence-electron chi connectivity index (χ0n) is 17.1. The number of imidazole rings is 1. The molecule has 2 saturated heterocycles. The van der Waals surface area contributed by atoms with Gasteiger partial charge in [0.15, 0.2) is 5.65 Å². The summed E-state index contributed by atoms with van der Waals surface area (Å²) >= 11 is 0. The van der Waals surface area contributed by atoms with Crippen molar-refractivity contribution < 1.29 is 9.53 Å². The van der Waals surface area contributed by atoms with Gasteiger partial charge in [-0.25, -0.2) is 9.97 Å². The van der Waals surface area contributed by atoms with Crippen LogP contribution in [0.3, 0.4) is 0 Å². The largest absolute Gasteiger partial charge is 0.371 e. The van der Waals surface area contributed by atoms with Gasteiger partial charge >= 0.3 is 0 Å². The van der Waals surface area contributed by atoms with Crippen LogP contribution in [0.4, 0.5) is 0 Å². The number of nitrogens with one attached hydrogen (secondary N) is 1. The first-order valence-corrected chi connectivity index (χ1v) is 10.7. The first kappa shape index (κ1) is 19.2. The number of ether oxygens (including phenoxy) is 1. The Morgan fingerprint density at radius 2 is 2.00 bits per heavy atom. The molecule has 2 aliphatic heterocycles. The Balaban J connectivity index is 1.30. The fourth-order valence-electron chi connectivity index (χ4n) is 4.51. The second-order valence-electron chi connectivity index (χ2n) is 8.25. The molecule has 30 heavy (non-hydrogen) atoms. The predicted octanol–water partition coefficient (Wildman–Crippen LogP) is 2.27. The molecule has 7 heteroatoms. The molecule has 2 aliphatic rings. The van der Waals surface area contributed by atoms with Crippen molar-refractivity contribution in [2.24, 2.45) is 0 Å². The summed E-state index contributed by atoms with van der Waals surface area (Å²) in [6.45, 7) is 4.55. The molecule has 0 unspecified atom stereocenters. The summed E-state index contributed by atoms with van der Waals surface area (Å²) < 4.78 is 8.15. The molecule has 0 bridgehead atoms. The molecule has 1 aromatic carbocycles. The standard InChI is InChI=1S/C23H27N5O2/c29-22(27-12-13-30-23(16-27)7-9-24-10-8-23)19-14-20-21(25-15-19)28(17-26-20)11-6-18-4-2-1-3-5-18/h1-5,14-15,17,24H,6-13,16H2. The van der Waals surface area contributed by atoms with Crippen molar-refractivity contribution in [3.63, 3.8) is 0 Å². The summed E-state index contributed by atoms with van der Waals surface area (Å²) in [6, 6.07) is 12.3. The molecule has 2 aromatic heterocycles. The van der Waals surface area contributed by atoms with Gasteiger partial charge in [-0.15, -0.1) is 0 Å². The Morgan fingerprint density at radius 3 is 2.83 bits per heavy atom. The molecular formula is C23H27N5O2. The van der Waals surface area contributed by atoms with Crippen LogP contribution in [0.2, 0.25) is 0 Å². The van der Waals surface area contributed by atoms with E-state index in [1.807, 2.05) is 23.4 Å². The Labute approximate surface area is 176 Å². The quantitative estimate of drug-likeness (QED) is 0.721. The molecule has 1 N–H and O–H groups in total. The van der Waals surface area contributed by atoms with Crippen molar-refractivity contribution in [2.75, 3.05) is 32.8 Å². The van der Waals surface area contributed by atoms with Gasteiger partial charge in [-0.2, -0.15) is 0 Å². The van der Waals surface area contributed by atoms with E-state index in [1.54, 1.807) is 6.20 Å². The van der Waals surface area contributed by atoms with Crippen LogP contribution >= 0.6 is 0 Å². The van der Waals surface area contributed by atoms with E-state index in [2.05, 4.69) is 44.1 Å². The number of nitrogens with zero attached hydrogens (tertiary/aromatic N) is 4. The molecule has 7 nitrogen and oxygen atoms in total. The van der Waals surface area contributed by atoms with E-state index in [-0.39, 0.29) is 11.5 Å². The van der Waals surface area contributed by atoms with Crippen LogP contribution in [0.1, 0.15) is 28.8 Å². The monoisotopic (exact) mass is 405 g/mol. The first-order chi connectivity index (χ1) is 14.7. The van der Waals surface area contributed by atoms with Gasteiger partial charge in [0.25, 0.3) is 5.91 Å². The lowest BCUT2D eigenvalue weighted by Crippen LogP contribution is -2.57. The van der Waals surface area contributed by atoms with Gasteiger partial charge < -0.3 is 19.5 Å². The fourth-order valence-corrected chi connectivity index (χ4v) is 4.51. The molecule has 0 atom stereocenters. The molecule has 3 aromatic rings. The average Bonchev–Trinajstić information content (AvgIpc) is 3.21. The minimum atomic E-state index is -0.199. The van der Waals surface area contributed by atoms with Crippen molar-refractivity contribution in [1.29, 1.82) is 0 Å². The van der Waals surface area contributed by atoms with Crippen LogP contribution in [0.25, 0.3) is 11.2 Å². The molecule has 0 radical (unpaired) electrons. The highest BCUT2D eigenvalue weighted by Gasteiger charge is 2.39. The molecular weight excluding hydrogens is 378 g/mol. The highest BCUT2D eigenvalue weighted by Crippen LogP contribution is 2.28. The normalized spacial score (nSPS) is 18.7. The first-order valence-electron chi connectivity index (χ1n) is 10.7. The maximum Gasteiger partial charge on any atom is 0.255 e. The van der Waals surface area contributed by atoms with E-state index >= 15 is 0 Å². The van der Waals surface area contributed by atoms with Crippen molar-refractivity contribution in [3.05, 3.63) is 60.0 Å². The van der Waals surface area contributed by atoms with E-state index in [1.165, 1.54) is 5.56 Å². The number of hydrogen-bond acceptors (Lipinski definition) is 5. The summed E-state index contributed by atoms with van der Waals surface area (Å²) in [5.41, 5.74) is 3.26. The van der Waals surface area contributed by atoms with Crippen LogP contribution in [0.5, 0.6) is 0 Å². The van der Waals surface area contributed by atoms with Crippen molar-refractivity contribution in [3.8, 4) is 0 Å². The third-order valence-electron chi connectivity index (χ3n) is 6.24. The van der Waals surface area contributed by atoms with Gasteiger partial charge in [0.1, 0.15) is 5.52 Å². The van der Waals surface area contributed by atoms with Crippen molar-refractivity contribution in [2.45, 2.75) is 31.4 Å². The smallest absolute Gasteiger partial charge is 0.255 e. The molecule has 0 aliphatic carbocycles. The van der Waals surface area contributed by atoms with E-state index in [0.29, 0.717) is 25.3 Å². The van der Waals surface area contributed by atoms with Gasteiger partial charge in [-0.05, 0) is 44.0 Å². The Morgan fingerprint density at radius 1 is 1.17 bits per heavy atom. The van der Waals surface area contributed by atoms with E-state index in [4.69, 9.17) is 4.74 Å². The molecule has 1 spiro atoms. The summed E-state index contributed by atoms with van der Waals surface area (Å²) in [4.78, 5) is 24.2. The van der Waals surface area contributed by atoms with Crippen LogP contribution in [0, 0.1) is 0 Å². The van der Waals surface area contributed by atoms with Gasteiger partial charge in [-0.3, -0.25) is 4.79 Å². The van der Waals surface area contributed by atoms with E-state index in [9.17, 15) is 4.79 Å². The third-order valence-corrected chi connectivity index (χ3v) is 6.24. The molecule has 1 amide bonds. The van der Waals surface area contributed by atoms with Crippen LogP contribution in [-0.2, 0) is 17.7 Å². The minimum absolute atomic E-state index is 0.0180. The molecule has 2 fully saturated rings. The Hall–Kier alpha value is -2.77. The summed E-state index contributed by atoms with van der Waals surface area (Å²) in [5.74, 6) is 0.0180. The second-order valence-corrected chi connectivity index (χ2v) is 8.25. The van der Waals surface area contributed by atoms with Gasteiger partial charge in [0.2, 0.25) is 0 Å². The topological polar surface area (TPSA) is 72.3 Å². The number of fused-ring (bicyclic) bond motifs is 1. The second kappa shape index (κ2) is 8.16. The third kappa shape index (κ3) is 3.82. The predicted molar refractivity (Wildman–Crippen MR) is 114 cm³/mol. The lowest BCUT2D eigenvalue weighted by molar-refractivity contribution is -0.114. The SMILES string of the molecule is O=C(c1cnc2c(c1)ncn2CCc1ccccc1)N1CCOC2(CCNCC2)C1. The minimum Gasteiger partial charge on any atom is -0.371 e. The Kier molecular flexibility index (Phi) is 5.23. The Bertz CT molecular complexity index is 1020. The molecule has 0 saturated carbocycles. The zero-order chi connectivity index (χ0) is 20.4. The maximum atomic E-state index is 13.2. The van der Waals surface area contributed by atoms with Crippen LogP contribution in [0.15, 0.2) is 48.9 Å². The highest BCUT2D eigenvalue weighted by molar-refractivity contribution is 5.96.